The van der Waals surface area contributed by atoms with Gasteiger partial charge in [0, 0.05) is 38.1 Å². The van der Waals surface area contributed by atoms with Gasteiger partial charge in [-0.3, -0.25) is 9.59 Å². The zero-order chi connectivity index (χ0) is 20.8. The van der Waals surface area contributed by atoms with Crippen molar-refractivity contribution in [2.75, 3.05) is 19.4 Å². The van der Waals surface area contributed by atoms with Crippen LogP contribution in [0.1, 0.15) is 75.7 Å². The number of aliphatic hydroxyl groups excluding tert-OH is 1. The van der Waals surface area contributed by atoms with Gasteiger partial charge in [0.25, 0.3) is 0 Å². The molecule has 2 heterocycles. The Kier molecular flexibility index (Phi) is 13.1. The summed E-state index contributed by atoms with van der Waals surface area (Å²) in [7, 11) is 1.00. The lowest BCUT2D eigenvalue weighted by Gasteiger charge is -2.22. The molecule has 0 radical (unpaired) electrons. The number of likely N-dealkylation sites (tertiary alicyclic amines) is 1. The number of aromatic nitrogens is 1. The molecule has 5 nitrogen and oxygen atoms in total. The summed E-state index contributed by atoms with van der Waals surface area (Å²) in [4.78, 5) is 29.8. The van der Waals surface area contributed by atoms with Gasteiger partial charge in [-0.2, -0.15) is 0 Å². The Balaban J connectivity index is 0.00000190. The molecule has 0 aromatic carbocycles. The van der Waals surface area contributed by atoms with Gasteiger partial charge in [0.15, 0.2) is 10.1 Å². The molecule has 1 aromatic heterocycles. The van der Waals surface area contributed by atoms with E-state index in [2.05, 4.69) is 24.1 Å². The number of amides is 1. The number of carbonyl (C=O) groups is 2. The molecule has 1 aliphatic heterocycles. The van der Waals surface area contributed by atoms with E-state index < -0.39 is 0 Å². The molecule has 1 amide bonds. The van der Waals surface area contributed by atoms with E-state index in [1.807, 2.05) is 4.90 Å². The number of Topliss-reactive ketones (excluding diaryl/α,β-unsaturated/α-hetero) is 1. The Morgan fingerprint density at radius 3 is 2.79 bits per heavy atom. The predicted octanol–water partition coefficient (Wildman–Crippen LogP) is 4.95. The summed E-state index contributed by atoms with van der Waals surface area (Å²) in [5, 5.41) is 8.80. The maximum atomic E-state index is 12.2. The number of hydrogen-bond acceptors (Lipinski definition) is 6. The molecule has 158 valence electrons. The normalized spacial score (nSPS) is 16.5. The number of aliphatic hydroxyl groups is 1. The minimum Gasteiger partial charge on any atom is -0.400 e. The first-order chi connectivity index (χ1) is 13.6. The van der Waals surface area contributed by atoms with Gasteiger partial charge in [-0.25, -0.2) is 4.98 Å². The fraction of sp³-hybridized carbons (Fsp3) is 0.667. The van der Waals surface area contributed by atoms with Crippen LogP contribution in [0.15, 0.2) is 21.9 Å². The van der Waals surface area contributed by atoms with Gasteiger partial charge in [-0.05, 0) is 19.3 Å². The van der Waals surface area contributed by atoms with Gasteiger partial charge in [0.05, 0.1) is 6.04 Å². The Labute approximate surface area is 177 Å². The van der Waals surface area contributed by atoms with Gasteiger partial charge in [-0.1, -0.05) is 56.5 Å². The van der Waals surface area contributed by atoms with Crippen molar-refractivity contribution in [3.63, 3.8) is 0 Å². The zero-order valence-electron chi connectivity index (χ0n) is 17.4. The number of ketones is 1. The number of rotatable bonds is 12. The van der Waals surface area contributed by atoms with Crippen LogP contribution >= 0.6 is 23.1 Å². The Bertz CT molecular complexity index is 617. The number of hydrogen-bond donors (Lipinski definition) is 1. The number of thiazole rings is 1. The van der Waals surface area contributed by atoms with Crippen LogP contribution in [0.4, 0.5) is 0 Å². The van der Waals surface area contributed by atoms with Crippen molar-refractivity contribution in [1.82, 2.24) is 9.88 Å². The molecule has 1 saturated heterocycles. The van der Waals surface area contributed by atoms with Crippen molar-refractivity contribution in [2.45, 2.75) is 75.6 Å². The number of allylic oxidation sites excluding steroid dienone is 1. The van der Waals surface area contributed by atoms with Gasteiger partial charge < -0.3 is 10.0 Å². The van der Waals surface area contributed by atoms with Gasteiger partial charge in [-0.15, -0.1) is 11.3 Å². The van der Waals surface area contributed by atoms with Gasteiger partial charge in [0.1, 0.15) is 5.69 Å². The molecule has 1 fully saturated rings. The van der Waals surface area contributed by atoms with Crippen LogP contribution in [0.5, 0.6) is 0 Å². The number of unbranched alkanes of at least 4 members (excludes halogenated alkanes) is 5. The molecular formula is C21H34N2O3S2. The number of carbonyl (C=O) groups excluding carboxylic acids is 2. The molecular weight excluding hydrogens is 392 g/mol. The van der Waals surface area contributed by atoms with Crippen LogP contribution in [0, 0.1) is 0 Å². The summed E-state index contributed by atoms with van der Waals surface area (Å²) in [6.45, 7) is 4.51. The summed E-state index contributed by atoms with van der Waals surface area (Å²) >= 11 is 3.13. The molecule has 1 atom stereocenters. The third kappa shape index (κ3) is 8.88. The monoisotopic (exact) mass is 426 g/mol. The first kappa shape index (κ1) is 24.9. The van der Waals surface area contributed by atoms with E-state index >= 15 is 0 Å². The van der Waals surface area contributed by atoms with Crippen LogP contribution in [-0.4, -0.2) is 52.1 Å². The van der Waals surface area contributed by atoms with E-state index in [1.165, 1.54) is 50.4 Å². The molecule has 1 unspecified atom stereocenters. The molecule has 0 saturated carbocycles. The lowest BCUT2D eigenvalue weighted by atomic mass is 10.1. The standard InChI is InChI=1S/C20H30N2O2S2.CH4O/c1-3-4-5-6-7-8-9-10-17-11-12-19(24)22(17)13-14-25-20-21-18(15-26-20)16(2)23;1-2/h9-10,15,17H,3-8,11-14H2,1-2H3;2H,1H3/b10-9+;. The van der Waals surface area contributed by atoms with E-state index in [0.29, 0.717) is 12.1 Å². The molecule has 28 heavy (non-hydrogen) atoms. The number of nitrogens with zero attached hydrogens (tertiary/aromatic N) is 2. The second-order valence-electron chi connectivity index (χ2n) is 6.73. The Hall–Kier alpha value is -1.18. The van der Waals surface area contributed by atoms with E-state index in [-0.39, 0.29) is 17.7 Å². The lowest BCUT2D eigenvalue weighted by Crippen LogP contribution is -2.33. The van der Waals surface area contributed by atoms with E-state index in [9.17, 15) is 9.59 Å². The molecule has 7 heteroatoms. The van der Waals surface area contributed by atoms with Crippen molar-refractivity contribution < 1.29 is 14.7 Å². The predicted molar refractivity (Wildman–Crippen MR) is 118 cm³/mol. The molecule has 1 aromatic rings. The van der Waals surface area contributed by atoms with Crippen molar-refractivity contribution in [1.29, 1.82) is 0 Å². The van der Waals surface area contributed by atoms with Crippen molar-refractivity contribution >= 4 is 34.8 Å². The molecule has 1 N–H and O–H groups in total. The molecule has 0 bridgehead atoms. The van der Waals surface area contributed by atoms with Crippen molar-refractivity contribution in [3.05, 3.63) is 23.2 Å². The summed E-state index contributed by atoms with van der Waals surface area (Å²) < 4.78 is 0.904. The first-order valence-electron chi connectivity index (χ1n) is 10.1. The quantitative estimate of drug-likeness (QED) is 0.221. The summed E-state index contributed by atoms with van der Waals surface area (Å²) in [6.07, 6.45) is 13.7. The van der Waals surface area contributed by atoms with E-state index in [0.717, 1.165) is 36.6 Å². The molecule has 0 aliphatic carbocycles. The van der Waals surface area contributed by atoms with Gasteiger partial charge in [0.2, 0.25) is 5.91 Å². The Morgan fingerprint density at radius 2 is 2.11 bits per heavy atom. The van der Waals surface area contributed by atoms with Crippen molar-refractivity contribution in [2.24, 2.45) is 0 Å². The maximum Gasteiger partial charge on any atom is 0.223 e. The zero-order valence-corrected chi connectivity index (χ0v) is 19.0. The fourth-order valence-electron chi connectivity index (χ4n) is 3.08. The van der Waals surface area contributed by atoms with Crippen molar-refractivity contribution in [3.8, 4) is 0 Å². The summed E-state index contributed by atoms with van der Waals surface area (Å²) in [5.41, 5.74) is 0.537. The average molecular weight is 427 g/mol. The second kappa shape index (κ2) is 14.8. The SMILES string of the molecule is CCCCCCC/C=C/C1CCC(=O)N1CCSc1nc(C(C)=O)cs1.CO. The lowest BCUT2D eigenvalue weighted by molar-refractivity contribution is -0.128. The molecule has 0 spiro atoms. The fourth-order valence-corrected chi connectivity index (χ4v) is 4.96. The van der Waals surface area contributed by atoms with E-state index in [4.69, 9.17) is 5.11 Å². The van der Waals surface area contributed by atoms with Crippen LogP contribution in [0.2, 0.25) is 0 Å². The van der Waals surface area contributed by atoms with Crippen LogP contribution in [-0.2, 0) is 4.79 Å². The largest absolute Gasteiger partial charge is 0.400 e. The second-order valence-corrected chi connectivity index (χ2v) is 8.93. The highest BCUT2D eigenvalue weighted by Crippen LogP contribution is 2.25. The summed E-state index contributed by atoms with van der Waals surface area (Å²) in [5.74, 6) is 1.08. The maximum absolute atomic E-state index is 12.2. The minimum atomic E-state index is 0.00251. The highest BCUT2D eigenvalue weighted by Gasteiger charge is 2.28. The third-order valence-corrected chi connectivity index (χ3v) is 6.61. The molecule has 2 rings (SSSR count). The van der Waals surface area contributed by atoms with Crippen LogP contribution < -0.4 is 0 Å². The average Bonchev–Trinajstić information content (AvgIpc) is 3.31. The number of thioether (sulfide) groups is 1. The topological polar surface area (TPSA) is 70.5 Å². The molecule has 1 aliphatic rings. The summed E-state index contributed by atoms with van der Waals surface area (Å²) in [6, 6.07) is 0.253. The first-order valence-corrected chi connectivity index (χ1v) is 12.0. The minimum absolute atomic E-state index is 0.00251. The highest BCUT2D eigenvalue weighted by molar-refractivity contribution is 8.01. The highest BCUT2D eigenvalue weighted by atomic mass is 32.2. The van der Waals surface area contributed by atoms with Gasteiger partial charge >= 0.3 is 0 Å². The van der Waals surface area contributed by atoms with Crippen LogP contribution in [0.25, 0.3) is 0 Å². The van der Waals surface area contributed by atoms with Crippen LogP contribution in [0.3, 0.4) is 0 Å². The smallest absolute Gasteiger partial charge is 0.223 e. The third-order valence-electron chi connectivity index (χ3n) is 4.61. The van der Waals surface area contributed by atoms with E-state index in [1.54, 1.807) is 17.1 Å². The Morgan fingerprint density at radius 1 is 1.36 bits per heavy atom.